The SMILES string of the molecule is Cc1cnc(Cn2ccc(C)c(C(=O)Nc3ccc(OC(C)C)cc3)c2=O)cn1. The summed E-state index contributed by atoms with van der Waals surface area (Å²) in [7, 11) is 0. The highest BCUT2D eigenvalue weighted by molar-refractivity contribution is 6.05. The number of carbonyl (C=O) groups is 1. The van der Waals surface area contributed by atoms with E-state index in [1.165, 1.54) is 4.57 Å². The van der Waals surface area contributed by atoms with E-state index in [2.05, 4.69) is 15.3 Å². The van der Waals surface area contributed by atoms with Crippen molar-refractivity contribution in [3.05, 3.63) is 81.8 Å². The van der Waals surface area contributed by atoms with E-state index in [9.17, 15) is 9.59 Å². The minimum absolute atomic E-state index is 0.0686. The average Bonchev–Trinajstić information content (AvgIpc) is 2.67. The second-order valence-electron chi connectivity index (χ2n) is 7.10. The number of carbonyl (C=O) groups excluding carboxylic acids is 1. The highest BCUT2D eigenvalue weighted by Crippen LogP contribution is 2.17. The summed E-state index contributed by atoms with van der Waals surface area (Å²) in [6.45, 7) is 7.72. The molecule has 7 heteroatoms. The zero-order valence-corrected chi connectivity index (χ0v) is 17.0. The molecule has 3 aromatic rings. The van der Waals surface area contributed by atoms with Crippen molar-refractivity contribution in [3.8, 4) is 5.75 Å². The molecule has 0 atom stereocenters. The predicted octanol–water partition coefficient (Wildman–Crippen LogP) is 3.34. The zero-order valence-electron chi connectivity index (χ0n) is 17.0. The highest BCUT2D eigenvalue weighted by Gasteiger charge is 2.16. The highest BCUT2D eigenvalue weighted by atomic mass is 16.5. The molecule has 29 heavy (non-hydrogen) atoms. The summed E-state index contributed by atoms with van der Waals surface area (Å²) in [6.07, 6.45) is 5.00. The van der Waals surface area contributed by atoms with Gasteiger partial charge in [-0.15, -0.1) is 0 Å². The summed E-state index contributed by atoms with van der Waals surface area (Å²) in [4.78, 5) is 34.2. The van der Waals surface area contributed by atoms with E-state index >= 15 is 0 Å². The molecule has 0 aliphatic heterocycles. The van der Waals surface area contributed by atoms with Crippen LogP contribution >= 0.6 is 0 Å². The summed E-state index contributed by atoms with van der Waals surface area (Å²) >= 11 is 0. The molecule has 3 rings (SSSR count). The molecule has 1 N–H and O–H groups in total. The van der Waals surface area contributed by atoms with Crippen LogP contribution in [0.4, 0.5) is 5.69 Å². The average molecular weight is 392 g/mol. The maximum atomic E-state index is 12.9. The molecule has 2 heterocycles. The molecular formula is C22H24N4O3. The Morgan fingerprint density at radius 3 is 2.45 bits per heavy atom. The van der Waals surface area contributed by atoms with Crippen LogP contribution in [0.1, 0.15) is 41.2 Å². The van der Waals surface area contributed by atoms with Gasteiger partial charge in [0.25, 0.3) is 11.5 Å². The number of anilines is 1. The van der Waals surface area contributed by atoms with Crippen LogP contribution in [0.2, 0.25) is 0 Å². The van der Waals surface area contributed by atoms with Gasteiger partial charge >= 0.3 is 0 Å². The smallest absolute Gasteiger partial charge is 0.264 e. The summed E-state index contributed by atoms with van der Waals surface area (Å²) in [6, 6.07) is 8.80. The van der Waals surface area contributed by atoms with Gasteiger partial charge < -0.3 is 14.6 Å². The lowest BCUT2D eigenvalue weighted by molar-refractivity contribution is 0.102. The van der Waals surface area contributed by atoms with E-state index in [1.807, 2.05) is 20.8 Å². The van der Waals surface area contributed by atoms with Crippen LogP contribution in [0.25, 0.3) is 0 Å². The molecule has 1 amide bonds. The van der Waals surface area contributed by atoms with E-state index in [4.69, 9.17) is 4.74 Å². The first kappa shape index (κ1) is 20.3. The van der Waals surface area contributed by atoms with Crippen LogP contribution in [-0.4, -0.2) is 26.5 Å². The Labute approximate surface area is 169 Å². The van der Waals surface area contributed by atoms with Crippen molar-refractivity contribution >= 4 is 11.6 Å². The van der Waals surface area contributed by atoms with Crippen LogP contribution < -0.4 is 15.6 Å². The predicted molar refractivity (Wildman–Crippen MR) is 111 cm³/mol. The van der Waals surface area contributed by atoms with E-state index < -0.39 is 5.91 Å². The molecule has 1 aromatic carbocycles. The third-order valence-corrected chi connectivity index (χ3v) is 4.25. The second-order valence-corrected chi connectivity index (χ2v) is 7.10. The quantitative estimate of drug-likeness (QED) is 0.695. The zero-order chi connectivity index (χ0) is 21.0. The summed E-state index contributed by atoms with van der Waals surface area (Å²) in [5.41, 5.74) is 2.38. The number of rotatable bonds is 6. The fourth-order valence-electron chi connectivity index (χ4n) is 2.82. The molecule has 0 fully saturated rings. The second kappa shape index (κ2) is 8.68. The van der Waals surface area contributed by atoms with Gasteiger partial charge in [-0.05, 0) is 63.6 Å². The molecule has 0 aliphatic carbocycles. The van der Waals surface area contributed by atoms with Gasteiger partial charge in [-0.2, -0.15) is 0 Å². The molecule has 0 spiro atoms. The molecule has 0 saturated carbocycles. The normalized spacial score (nSPS) is 10.8. The number of nitrogens with zero attached hydrogens (tertiary/aromatic N) is 3. The number of hydrogen-bond acceptors (Lipinski definition) is 5. The van der Waals surface area contributed by atoms with E-state index in [-0.39, 0.29) is 23.8 Å². The molecular weight excluding hydrogens is 368 g/mol. The van der Waals surface area contributed by atoms with E-state index in [0.29, 0.717) is 16.9 Å². The van der Waals surface area contributed by atoms with Crippen molar-refractivity contribution in [2.75, 3.05) is 5.32 Å². The third-order valence-electron chi connectivity index (χ3n) is 4.25. The van der Waals surface area contributed by atoms with Crippen molar-refractivity contribution in [1.82, 2.24) is 14.5 Å². The molecule has 7 nitrogen and oxygen atoms in total. The van der Waals surface area contributed by atoms with Gasteiger partial charge in [0.05, 0.1) is 30.2 Å². The Morgan fingerprint density at radius 1 is 1.10 bits per heavy atom. The van der Waals surface area contributed by atoms with Crippen LogP contribution in [0.3, 0.4) is 0 Å². The fraction of sp³-hybridized carbons (Fsp3) is 0.273. The number of aromatic nitrogens is 3. The van der Waals surface area contributed by atoms with Gasteiger partial charge in [0.15, 0.2) is 0 Å². The van der Waals surface area contributed by atoms with E-state index in [0.717, 1.165) is 11.4 Å². The molecule has 0 saturated heterocycles. The number of pyridine rings is 1. The largest absolute Gasteiger partial charge is 0.491 e. The first-order valence-corrected chi connectivity index (χ1v) is 9.39. The van der Waals surface area contributed by atoms with Gasteiger partial charge in [0, 0.05) is 18.1 Å². The summed E-state index contributed by atoms with van der Waals surface area (Å²) in [5, 5.41) is 2.78. The van der Waals surface area contributed by atoms with E-state index in [1.54, 1.807) is 55.8 Å². The number of aryl methyl sites for hydroxylation is 2. The molecule has 150 valence electrons. The maximum Gasteiger partial charge on any atom is 0.264 e. The lowest BCUT2D eigenvalue weighted by atomic mass is 10.1. The molecule has 2 aromatic heterocycles. The molecule has 0 bridgehead atoms. The van der Waals surface area contributed by atoms with Crippen molar-refractivity contribution in [2.45, 2.75) is 40.3 Å². The number of ether oxygens (including phenoxy) is 1. The third kappa shape index (κ3) is 5.07. The number of amides is 1. The Morgan fingerprint density at radius 2 is 1.83 bits per heavy atom. The first-order chi connectivity index (χ1) is 13.8. The van der Waals surface area contributed by atoms with Crippen molar-refractivity contribution in [2.24, 2.45) is 0 Å². The Balaban J connectivity index is 1.81. The fourth-order valence-corrected chi connectivity index (χ4v) is 2.82. The van der Waals surface area contributed by atoms with Crippen molar-refractivity contribution in [1.29, 1.82) is 0 Å². The first-order valence-electron chi connectivity index (χ1n) is 9.39. The summed E-state index contributed by atoms with van der Waals surface area (Å²) in [5.74, 6) is 0.268. The number of hydrogen-bond donors (Lipinski definition) is 1. The topological polar surface area (TPSA) is 86.1 Å². The van der Waals surface area contributed by atoms with Gasteiger partial charge in [-0.25, -0.2) is 0 Å². The lowest BCUT2D eigenvalue weighted by Gasteiger charge is -2.12. The Hall–Kier alpha value is -3.48. The molecule has 0 aliphatic rings. The van der Waals surface area contributed by atoms with Gasteiger partial charge in [0.2, 0.25) is 0 Å². The molecule has 0 radical (unpaired) electrons. The summed E-state index contributed by atoms with van der Waals surface area (Å²) < 4.78 is 7.06. The van der Waals surface area contributed by atoms with Crippen LogP contribution in [0, 0.1) is 13.8 Å². The van der Waals surface area contributed by atoms with Crippen LogP contribution in [0.5, 0.6) is 5.75 Å². The Kier molecular flexibility index (Phi) is 6.07. The van der Waals surface area contributed by atoms with Crippen molar-refractivity contribution in [3.63, 3.8) is 0 Å². The molecule has 0 unspecified atom stereocenters. The number of benzene rings is 1. The van der Waals surface area contributed by atoms with Gasteiger partial charge in [-0.1, -0.05) is 0 Å². The number of nitrogens with one attached hydrogen (secondary N) is 1. The monoisotopic (exact) mass is 392 g/mol. The van der Waals surface area contributed by atoms with Gasteiger partial charge in [-0.3, -0.25) is 19.6 Å². The van der Waals surface area contributed by atoms with Crippen molar-refractivity contribution < 1.29 is 9.53 Å². The Bertz CT molecular complexity index is 1050. The van der Waals surface area contributed by atoms with Gasteiger partial charge in [0.1, 0.15) is 11.3 Å². The van der Waals surface area contributed by atoms with Crippen LogP contribution in [-0.2, 0) is 6.54 Å². The lowest BCUT2D eigenvalue weighted by Crippen LogP contribution is -2.30. The maximum absolute atomic E-state index is 12.9. The standard InChI is InChI=1S/C22H24N4O3/c1-14(2)29-19-7-5-17(6-8-19)25-21(27)20-15(3)9-10-26(22(20)28)13-18-12-23-16(4)11-24-18/h5-12,14H,13H2,1-4H3,(H,25,27). The minimum atomic E-state index is -0.450. The van der Waals surface area contributed by atoms with Crippen LogP contribution in [0.15, 0.2) is 53.7 Å². The minimum Gasteiger partial charge on any atom is -0.491 e.